The zero-order chi connectivity index (χ0) is 14.0. The summed E-state index contributed by atoms with van der Waals surface area (Å²) in [5.41, 5.74) is -0.109. The molecule has 2 aromatic rings. The van der Waals surface area contributed by atoms with Crippen molar-refractivity contribution in [1.82, 2.24) is 4.74 Å². The van der Waals surface area contributed by atoms with Gasteiger partial charge in [-0.05, 0) is 13.0 Å². The highest BCUT2D eigenvalue weighted by Crippen LogP contribution is 2.19. The number of carboxylic acids is 1. The number of rotatable bonds is 4. The number of methoxy groups -OCH3 is 1. The molecule has 6 nitrogen and oxygen atoms in total. The summed E-state index contributed by atoms with van der Waals surface area (Å²) in [4.78, 5) is 22.4. The molecule has 2 rings (SSSR count). The van der Waals surface area contributed by atoms with Crippen LogP contribution in [-0.2, 0) is 6.54 Å². The molecule has 0 atom stereocenters. The minimum absolute atomic E-state index is 0.234. The van der Waals surface area contributed by atoms with Crippen molar-refractivity contribution < 1.29 is 19.2 Å². The molecule has 6 heteroatoms. The van der Waals surface area contributed by atoms with Gasteiger partial charge in [0.1, 0.15) is 5.75 Å². The molecule has 100 valence electrons. The third-order valence-electron chi connectivity index (χ3n) is 2.85. The molecule has 1 aromatic carbocycles. The van der Waals surface area contributed by atoms with Crippen LogP contribution in [0.3, 0.4) is 0 Å². The third-order valence-corrected chi connectivity index (χ3v) is 2.85. The first kappa shape index (κ1) is 12.9. The Hall–Kier alpha value is -2.50. The highest BCUT2D eigenvalue weighted by Gasteiger charge is 2.20. The summed E-state index contributed by atoms with van der Waals surface area (Å²) in [5.74, 6) is -0.639. The third kappa shape index (κ3) is 2.37. The molecular weight excluding hydrogens is 250 g/mol. The molecule has 0 saturated carbocycles. The molecule has 0 unspecified atom stereocenters. The number of carboxylic acid groups (broad SMARTS) is 1. The van der Waals surface area contributed by atoms with Gasteiger partial charge in [-0.2, -0.15) is 0 Å². The predicted molar refractivity (Wildman–Crippen MR) is 66.8 cm³/mol. The van der Waals surface area contributed by atoms with E-state index in [2.05, 4.69) is 0 Å². The Kier molecular flexibility index (Phi) is 3.41. The molecule has 1 heterocycles. The van der Waals surface area contributed by atoms with E-state index in [9.17, 15) is 9.59 Å². The summed E-state index contributed by atoms with van der Waals surface area (Å²) in [5, 5.41) is 8.93. The van der Waals surface area contributed by atoms with Gasteiger partial charge in [0.25, 0.3) is 0 Å². The maximum atomic E-state index is 11.4. The number of aromatic carboxylic acids is 1. The van der Waals surface area contributed by atoms with E-state index in [0.717, 1.165) is 5.56 Å². The van der Waals surface area contributed by atoms with Gasteiger partial charge < -0.3 is 14.4 Å². The summed E-state index contributed by atoms with van der Waals surface area (Å²) in [6, 6.07) is 7.25. The molecule has 0 bridgehead atoms. The molecule has 0 aliphatic carbocycles. The molecule has 1 aromatic heterocycles. The highest BCUT2D eigenvalue weighted by atomic mass is 16.5. The second-order valence-corrected chi connectivity index (χ2v) is 3.99. The SMILES string of the molecule is COc1ccccc1Cn1oc(=O)c(C(=O)O)c1C. The van der Waals surface area contributed by atoms with Crippen molar-refractivity contribution in [3.05, 3.63) is 51.5 Å². The fourth-order valence-corrected chi connectivity index (χ4v) is 1.87. The average Bonchev–Trinajstić information content (AvgIpc) is 2.65. The molecular formula is C13H13NO5. The van der Waals surface area contributed by atoms with E-state index in [4.69, 9.17) is 14.4 Å². The van der Waals surface area contributed by atoms with E-state index in [1.54, 1.807) is 13.2 Å². The average molecular weight is 263 g/mol. The van der Waals surface area contributed by atoms with E-state index in [0.29, 0.717) is 5.75 Å². The first-order chi connectivity index (χ1) is 9.04. The molecule has 0 amide bonds. The number of para-hydroxylation sites is 1. The molecule has 0 radical (unpaired) electrons. The lowest BCUT2D eigenvalue weighted by Gasteiger charge is -2.08. The second kappa shape index (κ2) is 5.01. The zero-order valence-electron chi connectivity index (χ0n) is 10.5. The second-order valence-electron chi connectivity index (χ2n) is 3.99. The molecule has 19 heavy (non-hydrogen) atoms. The van der Waals surface area contributed by atoms with Crippen molar-refractivity contribution in [2.75, 3.05) is 7.11 Å². The number of hydrogen-bond donors (Lipinski definition) is 1. The molecule has 0 spiro atoms. The Morgan fingerprint density at radius 2 is 2.11 bits per heavy atom. The molecule has 0 fully saturated rings. The number of benzene rings is 1. The van der Waals surface area contributed by atoms with Crippen LogP contribution in [0, 0.1) is 6.92 Å². The van der Waals surface area contributed by atoms with Gasteiger partial charge in [-0.25, -0.2) is 14.3 Å². The number of aromatic nitrogens is 1. The highest BCUT2D eigenvalue weighted by molar-refractivity contribution is 5.88. The lowest BCUT2D eigenvalue weighted by Crippen LogP contribution is -2.09. The van der Waals surface area contributed by atoms with E-state index in [1.807, 2.05) is 18.2 Å². The van der Waals surface area contributed by atoms with Crippen LogP contribution in [0.4, 0.5) is 0 Å². The van der Waals surface area contributed by atoms with Crippen molar-refractivity contribution in [1.29, 1.82) is 0 Å². The summed E-state index contributed by atoms with van der Waals surface area (Å²) in [6.45, 7) is 1.77. The fourth-order valence-electron chi connectivity index (χ4n) is 1.87. The summed E-state index contributed by atoms with van der Waals surface area (Å²) >= 11 is 0. The maximum absolute atomic E-state index is 11.4. The monoisotopic (exact) mass is 263 g/mol. The Balaban J connectivity index is 2.42. The van der Waals surface area contributed by atoms with Crippen molar-refractivity contribution in [3.63, 3.8) is 0 Å². The van der Waals surface area contributed by atoms with E-state index in [-0.39, 0.29) is 17.8 Å². The van der Waals surface area contributed by atoms with Crippen LogP contribution in [0.1, 0.15) is 21.6 Å². The van der Waals surface area contributed by atoms with Gasteiger partial charge >= 0.3 is 11.6 Å². The topological polar surface area (TPSA) is 81.7 Å². The van der Waals surface area contributed by atoms with Crippen molar-refractivity contribution >= 4 is 5.97 Å². The number of hydrogen-bond acceptors (Lipinski definition) is 4. The quantitative estimate of drug-likeness (QED) is 0.904. The molecule has 0 saturated heterocycles. The Morgan fingerprint density at radius 1 is 1.42 bits per heavy atom. The Labute approximate surface area is 108 Å². The lowest BCUT2D eigenvalue weighted by atomic mass is 10.2. The smallest absolute Gasteiger partial charge is 0.372 e. The number of carbonyl (C=O) groups is 1. The normalized spacial score (nSPS) is 10.4. The first-order valence-electron chi connectivity index (χ1n) is 5.60. The van der Waals surface area contributed by atoms with Gasteiger partial charge in [0.15, 0.2) is 5.56 Å². The van der Waals surface area contributed by atoms with Crippen LogP contribution in [0.15, 0.2) is 33.6 Å². The van der Waals surface area contributed by atoms with Crippen LogP contribution < -0.4 is 10.4 Å². The van der Waals surface area contributed by atoms with Gasteiger partial charge in [0.2, 0.25) is 0 Å². The molecule has 0 aliphatic rings. The Morgan fingerprint density at radius 3 is 2.68 bits per heavy atom. The predicted octanol–water partition coefficient (Wildman–Crippen LogP) is 1.50. The summed E-state index contributed by atoms with van der Waals surface area (Å²) in [7, 11) is 1.54. The number of nitrogens with zero attached hydrogens (tertiary/aromatic N) is 1. The molecule has 1 N–H and O–H groups in total. The van der Waals surface area contributed by atoms with Crippen LogP contribution in [0.2, 0.25) is 0 Å². The number of ether oxygens (including phenoxy) is 1. The van der Waals surface area contributed by atoms with Crippen molar-refractivity contribution in [3.8, 4) is 5.75 Å². The van der Waals surface area contributed by atoms with Crippen molar-refractivity contribution in [2.45, 2.75) is 13.5 Å². The minimum atomic E-state index is -1.29. The van der Waals surface area contributed by atoms with Crippen molar-refractivity contribution in [2.24, 2.45) is 0 Å². The Bertz CT molecular complexity index is 668. The van der Waals surface area contributed by atoms with Gasteiger partial charge in [-0.3, -0.25) is 0 Å². The lowest BCUT2D eigenvalue weighted by molar-refractivity contribution is 0.0693. The van der Waals surface area contributed by atoms with E-state index in [1.165, 1.54) is 11.7 Å². The minimum Gasteiger partial charge on any atom is -0.496 e. The fraction of sp³-hybridized carbons (Fsp3) is 0.231. The standard InChI is InChI=1S/C13H13NO5/c1-8-11(12(15)16)13(17)19-14(8)7-9-5-3-4-6-10(9)18-2/h3-6H,7H2,1-2H3,(H,15,16). The zero-order valence-corrected chi connectivity index (χ0v) is 10.5. The first-order valence-corrected chi connectivity index (χ1v) is 5.60. The van der Waals surface area contributed by atoms with Gasteiger partial charge in [0, 0.05) is 5.56 Å². The summed E-state index contributed by atoms with van der Waals surface area (Å²) < 4.78 is 11.4. The van der Waals surface area contributed by atoms with E-state index >= 15 is 0 Å². The largest absolute Gasteiger partial charge is 0.496 e. The maximum Gasteiger partial charge on any atom is 0.372 e. The molecule has 0 aliphatic heterocycles. The van der Waals surface area contributed by atoms with Crippen LogP contribution >= 0.6 is 0 Å². The van der Waals surface area contributed by atoms with Crippen LogP contribution in [0.5, 0.6) is 5.75 Å². The van der Waals surface area contributed by atoms with Crippen LogP contribution in [0.25, 0.3) is 0 Å². The summed E-state index contributed by atoms with van der Waals surface area (Å²) in [6.07, 6.45) is 0. The van der Waals surface area contributed by atoms with Gasteiger partial charge in [-0.1, -0.05) is 18.2 Å². The van der Waals surface area contributed by atoms with Gasteiger partial charge in [0.05, 0.1) is 19.3 Å². The van der Waals surface area contributed by atoms with Gasteiger partial charge in [-0.15, -0.1) is 0 Å². The van der Waals surface area contributed by atoms with E-state index < -0.39 is 11.6 Å². The van der Waals surface area contributed by atoms with Crippen LogP contribution in [-0.4, -0.2) is 22.9 Å².